The van der Waals surface area contributed by atoms with Crippen LogP contribution in [0.1, 0.15) is 213 Å². The zero-order valence-electron chi connectivity index (χ0n) is 28.5. The molecule has 0 bridgehead atoms. The molecule has 6 nitrogen and oxygen atoms in total. The van der Waals surface area contributed by atoms with E-state index < -0.39 is 17.9 Å². The number of rotatable bonds is 30. The standard InChI is InChI=1S/3C12H24O2.Fe/c3*1-2-3-4-5-6-7-8-9-10-11-12(13)14;/h3*2-11H2,1H3,(H,13,14);/q;;;+3/p-3. The molecule has 0 aliphatic heterocycles. The Balaban J connectivity index is -0.000000262. The van der Waals surface area contributed by atoms with Gasteiger partial charge in [0, 0.05) is 17.9 Å². The fourth-order valence-corrected chi connectivity index (χ4v) is 4.74. The summed E-state index contributed by atoms with van der Waals surface area (Å²) in [5.41, 5.74) is 0. The molecule has 0 N–H and O–H groups in total. The molecule has 43 heavy (non-hydrogen) atoms. The molecule has 0 amide bonds. The Bertz CT molecular complexity index is 480. The molecule has 7 heteroatoms. The summed E-state index contributed by atoms with van der Waals surface area (Å²) >= 11 is 0. The summed E-state index contributed by atoms with van der Waals surface area (Å²) in [6.07, 6.45) is 33.5. The minimum atomic E-state index is -0.909. The van der Waals surface area contributed by atoms with Crippen LogP contribution in [0.2, 0.25) is 0 Å². The Morgan fingerprint density at radius 3 is 0.581 bits per heavy atom. The molecule has 1 radical (unpaired) electrons. The van der Waals surface area contributed by atoms with Crippen LogP contribution in [-0.4, -0.2) is 17.9 Å². The van der Waals surface area contributed by atoms with Gasteiger partial charge in [-0.05, 0) is 38.5 Å². The second-order valence-electron chi connectivity index (χ2n) is 11.9. The summed E-state index contributed by atoms with van der Waals surface area (Å²) < 4.78 is 0. The molecule has 0 fully saturated rings. The second-order valence-corrected chi connectivity index (χ2v) is 11.9. The van der Waals surface area contributed by atoms with Gasteiger partial charge in [0.15, 0.2) is 0 Å². The van der Waals surface area contributed by atoms with E-state index in [0.717, 1.165) is 38.5 Å². The molecule has 0 saturated carbocycles. The molecule has 0 aliphatic rings. The van der Waals surface area contributed by atoms with Gasteiger partial charge in [0.25, 0.3) is 0 Å². The molecule has 0 unspecified atom stereocenters. The Kier molecular flexibility index (Phi) is 51.5. The summed E-state index contributed by atoms with van der Waals surface area (Å²) in [5.74, 6) is -2.73. The van der Waals surface area contributed by atoms with Crippen LogP contribution in [0.5, 0.6) is 0 Å². The first-order valence-corrected chi connectivity index (χ1v) is 17.9. The molecular weight excluding hydrogens is 584 g/mol. The third-order valence-electron chi connectivity index (χ3n) is 7.45. The van der Waals surface area contributed by atoms with Crippen molar-refractivity contribution < 1.29 is 46.8 Å². The third kappa shape index (κ3) is 60.8. The zero-order chi connectivity index (χ0) is 31.9. The predicted molar refractivity (Wildman–Crippen MR) is 171 cm³/mol. The number of carboxylic acids is 3. The molecule has 0 heterocycles. The van der Waals surface area contributed by atoms with Crippen LogP contribution in [0, 0.1) is 0 Å². The number of hydrogen-bond acceptors (Lipinski definition) is 6. The van der Waals surface area contributed by atoms with Crippen LogP contribution in [0.25, 0.3) is 0 Å². The molecule has 0 aliphatic carbocycles. The molecule has 0 atom stereocenters. The average molecular weight is 654 g/mol. The third-order valence-corrected chi connectivity index (χ3v) is 7.45. The fourth-order valence-electron chi connectivity index (χ4n) is 4.74. The monoisotopic (exact) mass is 653 g/mol. The van der Waals surface area contributed by atoms with Crippen molar-refractivity contribution in [2.75, 3.05) is 0 Å². The van der Waals surface area contributed by atoms with Gasteiger partial charge in [-0.15, -0.1) is 0 Å². The molecule has 0 saturated heterocycles. The van der Waals surface area contributed by atoms with Gasteiger partial charge in [0.2, 0.25) is 0 Å². The van der Waals surface area contributed by atoms with E-state index in [1.807, 2.05) is 0 Å². The van der Waals surface area contributed by atoms with Crippen molar-refractivity contribution >= 4 is 17.9 Å². The van der Waals surface area contributed by atoms with Crippen LogP contribution < -0.4 is 15.3 Å². The van der Waals surface area contributed by atoms with Gasteiger partial charge in [0.05, 0.1) is 0 Å². The molecule has 257 valence electrons. The molecule has 0 rings (SSSR count). The summed E-state index contributed by atoms with van der Waals surface area (Å²) in [6.45, 7) is 6.67. The first kappa shape index (κ1) is 48.8. The molecule has 0 aromatic rings. The van der Waals surface area contributed by atoms with Crippen molar-refractivity contribution in [3.8, 4) is 0 Å². The van der Waals surface area contributed by atoms with E-state index in [4.69, 9.17) is 0 Å². The summed E-state index contributed by atoms with van der Waals surface area (Å²) in [7, 11) is 0. The van der Waals surface area contributed by atoms with E-state index in [0.29, 0.717) is 0 Å². The van der Waals surface area contributed by atoms with Crippen LogP contribution in [0.15, 0.2) is 0 Å². The maximum atomic E-state index is 10.1. The molecule has 0 aromatic carbocycles. The maximum absolute atomic E-state index is 10.1. The van der Waals surface area contributed by atoms with Crippen molar-refractivity contribution in [1.82, 2.24) is 0 Å². The van der Waals surface area contributed by atoms with E-state index in [-0.39, 0.29) is 36.3 Å². The smallest absolute Gasteiger partial charge is 0.550 e. The number of carboxylic acid groups (broad SMARTS) is 3. The first-order chi connectivity index (χ1) is 20.3. The van der Waals surface area contributed by atoms with Gasteiger partial charge in [0.1, 0.15) is 0 Å². The van der Waals surface area contributed by atoms with E-state index in [1.54, 1.807) is 0 Å². The molecular formula is C36H69FeO6. The summed E-state index contributed by atoms with van der Waals surface area (Å²) in [5, 5.41) is 30.3. The SMILES string of the molecule is CCCCCCCCCCCC(=O)[O-].CCCCCCCCCCCC(=O)[O-].CCCCCCCCCCCC(=O)[O-].[Fe+3]. The van der Waals surface area contributed by atoms with E-state index >= 15 is 0 Å². The van der Waals surface area contributed by atoms with Gasteiger partial charge in [-0.2, -0.15) is 0 Å². The van der Waals surface area contributed by atoms with E-state index in [9.17, 15) is 29.7 Å². The van der Waals surface area contributed by atoms with Crippen molar-refractivity contribution in [3.05, 3.63) is 0 Å². The topological polar surface area (TPSA) is 120 Å². The van der Waals surface area contributed by atoms with Gasteiger partial charge < -0.3 is 29.7 Å². The Hall–Kier alpha value is -1.07. The number of aliphatic carboxylic acids is 3. The van der Waals surface area contributed by atoms with Crippen LogP contribution in [-0.2, 0) is 31.5 Å². The van der Waals surface area contributed by atoms with Crippen molar-refractivity contribution in [2.45, 2.75) is 213 Å². The van der Waals surface area contributed by atoms with Gasteiger partial charge >= 0.3 is 17.1 Å². The van der Waals surface area contributed by atoms with E-state index in [1.165, 1.54) is 135 Å². The van der Waals surface area contributed by atoms with Crippen LogP contribution >= 0.6 is 0 Å². The Morgan fingerprint density at radius 1 is 0.302 bits per heavy atom. The van der Waals surface area contributed by atoms with Gasteiger partial charge in [-0.25, -0.2) is 0 Å². The van der Waals surface area contributed by atoms with Crippen molar-refractivity contribution in [1.29, 1.82) is 0 Å². The molecule has 0 aromatic heterocycles. The van der Waals surface area contributed by atoms with E-state index in [2.05, 4.69) is 20.8 Å². The normalized spacial score (nSPS) is 10.1. The number of unbranched alkanes of at least 4 members (excludes halogenated alkanes) is 24. The Morgan fingerprint density at radius 2 is 0.442 bits per heavy atom. The summed E-state index contributed by atoms with van der Waals surface area (Å²) in [6, 6.07) is 0. The fraction of sp³-hybridized carbons (Fsp3) is 0.917. The van der Waals surface area contributed by atoms with Crippen molar-refractivity contribution in [2.24, 2.45) is 0 Å². The van der Waals surface area contributed by atoms with Crippen LogP contribution in [0.3, 0.4) is 0 Å². The zero-order valence-corrected chi connectivity index (χ0v) is 29.6. The minimum absolute atomic E-state index is 0. The molecule has 0 spiro atoms. The maximum Gasteiger partial charge on any atom is 3.00 e. The minimum Gasteiger partial charge on any atom is -0.550 e. The largest absolute Gasteiger partial charge is 3.00 e. The predicted octanol–water partition coefficient (Wildman–Crippen LogP) is 7.97. The Labute approximate surface area is 277 Å². The van der Waals surface area contributed by atoms with Crippen LogP contribution in [0.4, 0.5) is 0 Å². The first-order valence-electron chi connectivity index (χ1n) is 17.9. The average Bonchev–Trinajstić information content (AvgIpc) is 2.95. The van der Waals surface area contributed by atoms with Crippen molar-refractivity contribution in [3.63, 3.8) is 0 Å². The van der Waals surface area contributed by atoms with Gasteiger partial charge in [-0.3, -0.25) is 0 Å². The van der Waals surface area contributed by atoms with Gasteiger partial charge in [-0.1, -0.05) is 175 Å². The summed E-state index contributed by atoms with van der Waals surface area (Å²) in [4.78, 5) is 30.3. The number of carbonyl (C=O) groups excluding carboxylic acids is 3. The number of carbonyl (C=O) groups is 3. The quantitative estimate of drug-likeness (QED) is 0.0573. The number of hydrogen-bond donors (Lipinski definition) is 0. The second kappa shape index (κ2) is 45.4.